The molecule has 3 rings (SSSR count). The second-order valence-electron chi connectivity index (χ2n) is 7.52. The first-order chi connectivity index (χ1) is 14.1. The van der Waals surface area contributed by atoms with Crippen molar-refractivity contribution in [1.29, 1.82) is 5.41 Å². The summed E-state index contributed by atoms with van der Waals surface area (Å²) in [5, 5.41) is 19.1. The molecule has 2 aromatic carbocycles. The fourth-order valence-corrected chi connectivity index (χ4v) is 3.78. The van der Waals surface area contributed by atoms with Gasteiger partial charge in [-0.25, -0.2) is 4.79 Å². The number of nitrogens with one attached hydrogen (secondary N) is 2. The van der Waals surface area contributed by atoms with Gasteiger partial charge in [-0.15, -0.1) is 0 Å². The Balaban J connectivity index is 1.73. The van der Waals surface area contributed by atoms with Crippen LogP contribution in [0.2, 0.25) is 0 Å². The Morgan fingerprint density at radius 3 is 2.52 bits per heavy atom. The third-order valence-electron chi connectivity index (χ3n) is 5.46. The van der Waals surface area contributed by atoms with E-state index in [1.54, 1.807) is 0 Å². The first kappa shape index (κ1) is 20.6. The first-order valence-electron chi connectivity index (χ1n) is 10.1. The Bertz CT molecular complexity index is 885. The molecule has 152 valence electrons. The van der Waals surface area contributed by atoms with E-state index in [1.165, 1.54) is 38.3 Å². The minimum absolute atomic E-state index is 0.109. The van der Waals surface area contributed by atoms with Crippen molar-refractivity contribution in [3.63, 3.8) is 0 Å². The summed E-state index contributed by atoms with van der Waals surface area (Å²) in [7, 11) is 0. The van der Waals surface area contributed by atoms with Crippen LogP contribution in [0, 0.1) is 11.3 Å². The van der Waals surface area contributed by atoms with E-state index in [1.807, 2.05) is 42.5 Å². The number of anilines is 1. The molecule has 1 saturated carbocycles. The third-order valence-corrected chi connectivity index (χ3v) is 5.46. The average Bonchev–Trinajstić information content (AvgIpc) is 2.75. The monoisotopic (exact) mass is 392 g/mol. The summed E-state index contributed by atoms with van der Waals surface area (Å²) in [5.74, 6) is 0.361. The van der Waals surface area contributed by atoms with Crippen LogP contribution < -0.4 is 10.1 Å². The SMILES string of the molecule is CC(Oc1cccc(-c2cccc(N/C=C(\C=N)C(=O)O)c2)c1)C1CCCCC1. The van der Waals surface area contributed by atoms with E-state index >= 15 is 0 Å². The number of hydrogen-bond acceptors (Lipinski definition) is 4. The van der Waals surface area contributed by atoms with E-state index in [-0.39, 0.29) is 11.7 Å². The van der Waals surface area contributed by atoms with Crippen LogP contribution in [0.1, 0.15) is 39.0 Å². The minimum Gasteiger partial charge on any atom is -0.490 e. The molecule has 0 amide bonds. The molecule has 1 unspecified atom stereocenters. The normalized spacial score (nSPS) is 16.1. The summed E-state index contributed by atoms with van der Waals surface area (Å²) < 4.78 is 6.25. The van der Waals surface area contributed by atoms with Crippen molar-refractivity contribution in [3.05, 3.63) is 60.3 Å². The number of ether oxygens (including phenoxy) is 1. The van der Waals surface area contributed by atoms with Crippen LogP contribution in [0.15, 0.2) is 60.3 Å². The smallest absolute Gasteiger partial charge is 0.338 e. The number of carboxylic acids is 1. The molecule has 0 saturated heterocycles. The van der Waals surface area contributed by atoms with Gasteiger partial charge in [-0.2, -0.15) is 0 Å². The molecule has 5 heteroatoms. The molecule has 29 heavy (non-hydrogen) atoms. The molecule has 1 aliphatic carbocycles. The maximum atomic E-state index is 11.0. The number of benzene rings is 2. The molecule has 0 spiro atoms. The number of rotatable bonds is 8. The van der Waals surface area contributed by atoms with Gasteiger partial charge in [0.15, 0.2) is 0 Å². The van der Waals surface area contributed by atoms with Gasteiger partial charge >= 0.3 is 5.97 Å². The molecule has 1 atom stereocenters. The number of carboxylic acid groups (broad SMARTS) is 1. The van der Waals surface area contributed by atoms with Crippen LogP contribution in [0.25, 0.3) is 11.1 Å². The van der Waals surface area contributed by atoms with Crippen LogP contribution in [0.5, 0.6) is 5.75 Å². The van der Waals surface area contributed by atoms with Crippen molar-refractivity contribution in [3.8, 4) is 16.9 Å². The molecule has 1 aliphatic rings. The van der Waals surface area contributed by atoms with Gasteiger partial charge in [0.1, 0.15) is 5.75 Å². The van der Waals surface area contributed by atoms with Crippen LogP contribution >= 0.6 is 0 Å². The number of hydrogen-bond donors (Lipinski definition) is 3. The summed E-state index contributed by atoms with van der Waals surface area (Å²) in [5.41, 5.74) is 2.69. The van der Waals surface area contributed by atoms with Crippen molar-refractivity contribution in [2.24, 2.45) is 5.92 Å². The molecule has 0 heterocycles. The molecule has 1 fully saturated rings. The molecule has 0 aromatic heterocycles. The lowest BCUT2D eigenvalue weighted by Crippen LogP contribution is -2.25. The Kier molecular flexibility index (Phi) is 7.06. The van der Waals surface area contributed by atoms with Crippen molar-refractivity contribution >= 4 is 17.9 Å². The van der Waals surface area contributed by atoms with Gasteiger partial charge in [0.05, 0.1) is 11.7 Å². The van der Waals surface area contributed by atoms with E-state index in [0.29, 0.717) is 5.92 Å². The number of aliphatic carboxylic acids is 1. The summed E-state index contributed by atoms with van der Waals surface area (Å²) in [6.07, 6.45) is 8.77. The molecule has 0 bridgehead atoms. The molecule has 0 aliphatic heterocycles. The zero-order chi connectivity index (χ0) is 20.6. The van der Waals surface area contributed by atoms with E-state index in [9.17, 15) is 4.79 Å². The summed E-state index contributed by atoms with van der Waals surface area (Å²) in [4.78, 5) is 11.0. The zero-order valence-corrected chi connectivity index (χ0v) is 16.7. The largest absolute Gasteiger partial charge is 0.490 e. The van der Waals surface area contributed by atoms with Gasteiger partial charge in [-0.3, -0.25) is 0 Å². The lowest BCUT2D eigenvalue weighted by Gasteiger charge is -2.28. The standard InChI is InChI=1S/C24H28N2O3/c1-17(18-7-3-2-4-8-18)29-23-12-6-10-20(14-23)19-9-5-11-22(13-19)26-16-21(15-25)24(27)28/h5-6,9-18,25-26H,2-4,7-8H2,1H3,(H,27,28)/b21-16+,25-15?. The van der Waals surface area contributed by atoms with Crippen molar-refractivity contribution < 1.29 is 14.6 Å². The molecule has 2 aromatic rings. The number of carbonyl (C=O) groups is 1. The van der Waals surface area contributed by atoms with Gasteiger partial charge < -0.3 is 20.6 Å². The highest BCUT2D eigenvalue weighted by Crippen LogP contribution is 2.31. The van der Waals surface area contributed by atoms with E-state index in [0.717, 1.165) is 28.8 Å². The zero-order valence-electron chi connectivity index (χ0n) is 16.7. The minimum atomic E-state index is -1.14. The first-order valence-corrected chi connectivity index (χ1v) is 10.1. The van der Waals surface area contributed by atoms with E-state index in [4.69, 9.17) is 15.3 Å². The summed E-state index contributed by atoms with van der Waals surface area (Å²) >= 11 is 0. The predicted octanol–water partition coefficient (Wildman–Crippen LogP) is 5.73. The van der Waals surface area contributed by atoms with Gasteiger partial charge in [-0.1, -0.05) is 43.5 Å². The van der Waals surface area contributed by atoms with Crippen LogP contribution in [0.3, 0.4) is 0 Å². The van der Waals surface area contributed by atoms with Crippen molar-refractivity contribution in [2.45, 2.75) is 45.1 Å². The van der Waals surface area contributed by atoms with Gasteiger partial charge in [-0.05, 0) is 61.1 Å². The molecular formula is C24H28N2O3. The fraction of sp³-hybridized carbons (Fsp3) is 0.333. The quantitative estimate of drug-likeness (QED) is 0.396. The molecule has 3 N–H and O–H groups in total. The van der Waals surface area contributed by atoms with Crippen LogP contribution in [-0.4, -0.2) is 23.4 Å². The van der Waals surface area contributed by atoms with Crippen LogP contribution in [0.4, 0.5) is 5.69 Å². The molecule has 0 radical (unpaired) electrons. The van der Waals surface area contributed by atoms with Gasteiger partial charge in [0, 0.05) is 18.1 Å². The van der Waals surface area contributed by atoms with Gasteiger partial charge in [0.2, 0.25) is 0 Å². The summed E-state index contributed by atoms with van der Waals surface area (Å²) in [6.45, 7) is 2.17. The highest BCUT2D eigenvalue weighted by molar-refractivity contribution is 6.07. The fourth-order valence-electron chi connectivity index (χ4n) is 3.78. The van der Waals surface area contributed by atoms with Crippen LogP contribution in [-0.2, 0) is 4.79 Å². The second kappa shape index (κ2) is 9.92. The molecular weight excluding hydrogens is 364 g/mol. The Morgan fingerprint density at radius 2 is 1.83 bits per heavy atom. The Morgan fingerprint density at radius 1 is 1.14 bits per heavy atom. The van der Waals surface area contributed by atoms with Crippen molar-refractivity contribution in [2.75, 3.05) is 5.32 Å². The maximum absolute atomic E-state index is 11.0. The Labute approximate surface area is 171 Å². The van der Waals surface area contributed by atoms with E-state index in [2.05, 4.69) is 18.3 Å². The lowest BCUT2D eigenvalue weighted by molar-refractivity contribution is -0.132. The second-order valence-corrected chi connectivity index (χ2v) is 7.52. The highest BCUT2D eigenvalue weighted by atomic mass is 16.5. The third kappa shape index (κ3) is 5.70. The van der Waals surface area contributed by atoms with E-state index < -0.39 is 5.97 Å². The topological polar surface area (TPSA) is 82.4 Å². The predicted molar refractivity (Wildman–Crippen MR) is 117 cm³/mol. The lowest BCUT2D eigenvalue weighted by atomic mass is 9.86. The Hall–Kier alpha value is -3.08. The molecule has 5 nitrogen and oxygen atoms in total. The van der Waals surface area contributed by atoms with Crippen molar-refractivity contribution in [1.82, 2.24) is 0 Å². The van der Waals surface area contributed by atoms with Gasteiger partial charge in [0.25, 0.3) is 0 Å². The highest BCUT2D eigenvalue weighted by Gasteiger charge is 2.21. The summed E-state index contributed by atoms with van der Waals surface area (Å²) in [6, 6.07) is 15.8. The average molecular weight is 392 g/mol. The maximum Gasteiger partial charge on any atom is 0.338 e.